The molecule has 0 bridgehead atoms. The highest BCUT2D eigenvalue weighted by Crippen LogP contribution is 2.36. The van der Waals surface area contributed by atoms with E-state index < -0.39 is 0 Å². The Bertz CT molecular complexity index is 2100. The first-order valence-corrected chi connectivity index (χ1v) is 12.8. The van der Waals surface area contributed by atoms with Crippen molar-refractivity contribution in [3.63, 3.8) is 0 Å². The highest BCUT2D eigenvalue weighted by atomic mass is 16.3. The monoisotopic (exact) mass is 500 g/mol. The number of fused-ring (bicyclic) bond motifs is 5. The zero-order chi connectivity index (χ0) is 25.8. The van der Waals surface area contributed by atoms with E-state index in [9.17, 15) is 0 Å². The highest BCUT2D eigenvalue weighted by Gasteiger charge is 2.18. The second-order valence-electron chi connectivity index (χ2n) is 9.58. The lowest BCUT2D eigenvalue weighted by molar-refractivity contribution is 0.667. The number of pyridine rings is 1. The van der Waals surface area contributed by atoms with E-state index in [2.05, 4.69) is 65.6 Å². The molecule has 0 unspecified atom stereocenters. The molecule has 5 nitrogen and oxygen atoms in total. The van der Waals surface area contributed by atoms with Gasteiger partial charge in [0, 0.05) is 33.7 Å². The van der Waals surface area contributed by atoms with Gasteiger partial charge in [-0.3, -0.25) is 4.98 Å². The summed E-state index contributed by atoms with van der Waals surface area (Å²) >= 11 is 0. The summed E-state index contributed by atoms with van der Waals surface area (Å²) < 4.78 is 6.11. The van der Waals surface area contributed by atoms with Crippen molar-refractivity contribution in [2.45, 2.75) is 0 Å². The van der Waals surface area contributed by atoms with Gasteiger partial charge in [-0.15, -0.1) is 0 Å². The molecule has 3 heterocycles. The summed E-state index contributed by atoms with van der Waals surface area (Å²) in [5, 5.41) is 6.58. The molecule has 0 saturated carbocycles. The molecule has 39 heavy (non-hydrogen) atoms. The quantitative estimate of drug-likeness (QED) is 0.243. The summed E-state index contributed by atoms with van der Waals surface area (Å²) in [6.07, 6.45) is 3.52. The average Bonchev–Trinajstić information content (AvgIpc) is 3.39. The van der Waals surface area contributed by atoms with Crippen molar-refractivity contribution in [1.82, 2.24) is 19.9 Å². The molecule has 0 atom stereocenters. The van der Waals surface area contributed by atoms with Crippen LogP contribution in [0.4, 0.5) is 0 Å². The number of hydrogen-bond donors (Lipinski definition) is 0. The predicted molar refractivity (Wildman–Crippen MR) is 156 cm³/mol. The van der Waals surface area contributed by atoms with Gasteiger partial charge in [0.1, 0.15) is 5.58 Å². The van der Waals surface area contributed by atoms with Gasteiger partial charge in [0.2, 0.25) is 0 Å². The van der Waals surface area contributed by atoms with Crippen LogP contribution in [0.1, 0.15) is 0 Å². The smallest absolute Gasteiger partial charge is 0.164 e. The minimum atomic E-state index is 0.599. The molecule has 0 aliphatic heterocycles. The normalized spacial score (nSPS) is 11.6. The summed E-state index contributed by atoms with van der Waals surface area (Å²) in [5.74, 6) is 1.85. The SMILES string of the molecule is c1ccc2cc(-c3nc(-c4ccc5ccccc5c4)nc(-c4cccc5oc6cnccc6c45)n3)ccc2c1. The van der Waals surface area contributed by atoms with E-state index in [1.54, 1.807) is 12.4 Å². The molecule has 182 valence electrons. The second-order valence-corrected chi connectivity index (χ2v) is 9.58. The van der Waals surface area contributed by atoms with E-state index in [0.717, 1.165) is 49.4 Å². The molecule has 5 aromatic carbocycles. The van der Waals surface area contributed by atoms with Crippen LogP contribution in [-0.4, -0.2) is 19.9 Å². The summed E-state index contributed by atoms with van der Waals surface area (Å²) in [7, 11) is 0. The Balaban J connectivity index is 1.40. The van der Waals surface area contributed by atoms with Crippen LogP contribution in [0, 0.1) is 0 Å². The molecular weight excluding hydrogens is 480 g/mol. The van der Waals surface area contributed by atoms with Crippen molar-refractivity contribution < 1.29 is 4.42 Å². The van der Waals surface area contributed by atoms with E-state index in [1.165, 1.54) is 10.8 Å². The molecular formula is C34H20N4O. The molecule has 0 radical (unpaired) electrons. The van der Waals surface area contributed by atoms with Crippen molar-refractivity contribution in [2.75, 3.05) is 0 Å². The largest absolute Gasteiger partial charge is 0.454 e. The average molecular weight is 501 g/mol. The number of hydrogen-bond acceptors (Lipinski definition) is 5. The first kappa shape index (κ1) is 21.6. The Morgan fingerprint density at radius 3 is 1.77 bits per heavy atom. The summed E-state index contributed by atoms with van der Waals surface area (Å²) in [5.41, 5.74) is 4.28. The van der Waals surface area contributed by atoms with Gasteiger partial charge in [-0.05, 0) is 45.8 Å². The molecule has 0 aliphatic carbocycles. The fourth-order valence-electron chi connectivity index (χ4n) is 5.28. The lowest BCUT2D eigenvalue weighted by Gasteiger charge is -2.10. The number of aromatic nitrogens is 4. The first-order chi connectivity index (χ1) is 19.3. The highest BCUT2D eigenvalue weighted by molar-refractivity contribution is 6.11. The maximum absolute atomic E-state index is 6.11. The van der Waals surface area contributed by atoms with Gasteiger partial charge < -0.3 is 4.42 Å². The van der Waals surface area contributed by atoms with Crippen LogP contribution >= 0.6 is 0 Å². The fourth-order valence-corrected chi connectivity index (χ4v) is 5.28. The third-order valence-corrected chi connectivity index (χ3v) is 7.19. The van der Waals surface area contributed by atoms with Crippen LogP contribution in [0.5, 0.6) is 0 Å². The standard InChI is InChI=1S/C34H20N4O/c1-3-8-23-18-25(14-12-21(23)6-1)32-36-33(26-15-13-22-7-2-4-9-24(22)19-26)38-34(37-32)28-10-5-11-29-31(28)27-16-17-35-20-30(27)39-29/h1-20H. The van der Waals surface area contributed by atoms with Crippen LogP contribution in [0.25, 0.3) is 77.6 Å². The Kier molecular flexibility index (Phi) is 4.76. The fraction of sp³-hybridized carbons (Fsp3) is 0. The zero-order valence-electron chi connectivity index (χ0n) is 20.7. The zero-order valence-corrected chi connectivity index (χ0v) is 20.7. The minimum absolute atomic E-state index is 0.599. The van der Waals surface area contributed by atoms with Gasteiger partial charge in [-0.25, -0.2) is 15.0 Å². The maximum Gasteiger partial charge on any atom is 0.164 e. The topological polar surface area (TPSA) is 64.7 Å². The van der Waals surface area contributed by atoms with Crippen molar-refractivity contribution >= 4 is 43.5 Å². The molecule has 0 amide bonds. The van der Waals surface area contributed by atoms with E-state index in [4.69, 9.17) is 19.4 Å². The van der Waals surface area contributed by atoms with Crippen molar-refractivity contribution in [2.24, 2.45) is 0 Å². The van der Waals surface area contributed by atoms with Crippen molar-refractivity contribution in [3.8, 4) is 34.2 Å². The lowest BCUT2D eigenvalue weighted by Crippen LogP contribution is -2.00. The number of furan rings is 1. The first-order valence-electron chi connectivity index (χ1n) is 12.8. The Labute approximate surface area is 223 Å². The molecule has 0 fully saturated rings. The Morgan fingerprint density at radius 1 is 0.487 bits per heavy atom. The van der Waals surface area contributed by atoms with Crippen LogP contribution < -0.4 is 0 Å². The predicted octanol–water partition coefficient (Wildman–Crippen LogP) is 8.47. The van der Waals surface area contributed by atoms with Crippen LogP contribution in [0.15, 0.2) is 126 Å². The van der Waals surface area contributed by atoms with Crippen LogP contribution in [0.3, 0.4) is 0 Å². The number of rotatable bonds is 3. The van der Waals surface area contributed by atoms with Crippen LogP contribution in [-0.2, 0) is 0 Å². The Morgan fingerprint density at radius 2 is 1.10 bits per heavy atom. The molecule has 8 aromatic rings. The molecule has 0 aliphatic rings. The van der Waals surface area contributed by atoms with Crippen molar-refractivity contribution in [3.05, 3.63) is 122 Å². The Hall–Kier alpha value is -5.42. The third kappa shape index (κ3) is 3.63. The maximum atomic E-state index is 6.11. The molecule has 5 heteroatoms. The molecule has 3 aromatic heterocycles. The van der Waals surface area contributed by atoms with Gasteiger partial charge in [-0.2, -0.15) is 0 Å². The lowest BCUT2D eigenvalue weighted by atomic mass is 10.0. The van der Waals surface area contributed by atoms with E-state index in [-0.39, 0.29) is 0 Å². The van der Waals surface area contributed by atoms with Gasteiger partial charge >= 0.3 is 0 Å². The van der Waals surface area contributed by atoms with Crippen LogP contribution in [0.2, 0.25) is 0 Å². The van der Waals surface area contributed by atoms with Gasteiger partial charge in [-0.1, -0.05) is 84.9 Å². The number of benzene rings is 5. The summed E-state index contributed by atoms with van der Waals surface area (Å²) in [6.45, 7) is 0. The van der Waals surface area contributed by atoms with Crippen molar-refractivity contribution in [1.29, 1.82) is 0 Å². The van der Waals surface area contributed by atoms with Gasteiger partial charge in [0.05, 0.1) is 6.20 Å². The second kappa shape index (κ2) is 8.57. The van der Waals surface area contributed by atoms with E-state index in [1.807, 2.05) is 48.5 Å². The summed E-state index contributed by atoms with van der Waals surface area (Å²) in [6, 6.07) is 37.2. The molecule has 8 rings (SSSR count). The number of nitrogens with zero attached hydrogens (tertiary/aromatic N) is 4. The van der Waals surface area contributed by atoms with Gasteiger partial charge in [0.25, 0.3) is 0 Å². The van der Waals surface area contributed by atoms with E-state index >= 15 is 0 Å². The molecule has 0 spiro atoms. The van der Waals surface area contributed by atoms with Gasteiger partial charge in [0.15, 0.2) is 23.1 Å². The van der Waals surface area contributed by atoms with E-state index in [0.29, 0.717) is 17.5 Å². The third-order valence-electron chi connectivity index (χ3n) is 7.19. The summed E-state index contributed by atoms with van der Waals surface area (Å²) in [4.78, 5) is 19.3. The molecule has 0 N–H and O–H groups in total. The molecule has 0 saturated heterocycles. The minimum Gasteiger partial charge on any atom is -0.454 e.